The number of likely N-dealkylation sites (N-methyl/N-ethyl adjacent to an activating group) is 1. The van der Waals surface area contributed by atoms with Crippen LogP contribution in [-0.4, -0.2) is 49.7 Å². The standard InChI is InChI=1S/C14H27N3O3S/c1-6-17-8-13(7-12(17)10-18)21(19,20)15-14(11(2)3)9-16(4)5/h7-8,11,14-15,18H,6,9-10H2,1-5H3. The fourth-order valence-corrected chi connectivity index (χ4v) is 3.58. The molecule has 21 heavy (non-hydrogen) atoms. The van der Waals surface area contributed by atoms with E-state index in [1.165, 1.54) is 6.07 Å². The molecule has 7 heteroatoms. The predicted molar refractivity (Wildman–Crippen MR) is 83.5 cm³/mol. The first-order valence-corrected chi connectivity index (χ1v) is 8.66. The maximum absolute atomic E-state index is 12.5. The van der Waals surface area contributed by atoms with E-state index in [4.69, 9.17) is 0 Å². The number of aryl methyl sites for hydroxylation is 1. The second-order valence-electron chi connectivity index (χ2n) is 5.85. The molecule has 2 N–H and O–H groups in total. The van der Waals surface area contributed by atoms with Crippen LogP contribution in [0.1, 0.15) is 26.5 Å². The molecule has 0 amide bonds. The van der Waals surface area contributed by atoms with Gasteiger partial charge in [-0.2, -0.15) is 0 Å². The van der Waals surface area contributed by atoms with Gasteiger partial charge in [0.1, 0.15) is 0 Å². The lowest BCUT2D eigenvalue weighted by atomic mass is 10.1. The summed E-state index contributed by atoms with van der Waals surface area (Å²) in [5.74, 6) is 0.188. The molecule has 1 heterocycles. The Hall–Kier alpha value is -0.890. The van der Waals surface area contributed by atoms with Crippen LogP contribution in [-0.2, 0) is 23.2 Å². The normalized spacial score (nSPS) is 14.1. The van der Waals surface area contributed by atoms with Gasteiger partial charge in [0, 0.05) is 31.0 Å². The van der Waals surface area contributed by atoms with Gasteiger partial charge in [0.25, 0.3) is 0 Å². The largest absolute Gasteiger partial charge is 0.390 e. The molecular weight excluding hydrogens is 290 g/mol. The summed E-state index contributed by atoms with van der Waals surface area (Å²) in [6.45, 7) is 6.98. The minimum atomic E-state index is -3.58. The van der Waals surface area contributed by atoms with E-state index in [-0.39, 0.29) is 23.5 Å². The first kappa shape index (κ1) is 18.2. The summed E-state index contributed by atoms with van der Waals surface area (Å²) in [6.07, 6.45) is 1.57. The van der Waals surface area contributed by atoms with Gasteiger partial charge >= 0.3 is 0 Å². The third-order valence-electron chi connectivity index (χ3n) is 3.45. The number of rotatable bonds is 8. The molecule has 1 aromatic heterocycles. The average Bonchev–Trinajstić information content (AvgIpc) is 2.80. The number of nitrogens with zero attached hydrogens (tertiary/aromatic N) is 2. The second kappa shape index (κ2) is 7.40. The van der Waals surface area contributed by atoms with Crippen LogP contribution in [0.15, 0.2) is 17.2 Å². The van der Waals surface area contributed by atoms with E-state index < -0.39 is 10.0 Å². The molecule has 0 spiro atoms. The molecule has 1 aromatic rings. The average molecular weight is 317 g/mol. The maximum atomic E-state index is 12.5. The van der Waals surface area contributed by atoms with Crippen LogP contribution in [0.3, 0.4) is 0 Å². The number of aliphatic hydroxyl groups excluding tert-OH is 1. The first-order valence-electron chi connectivity index (χ1n) is 7.18. The highest BCUT2D eigenvalue weighted by Crippen LogP contribution is 2.16. The first-order chi connectivity index (χ1) is 9.71. The molecule has 0 saturated heterocycles. The number of hydrogen-bond donors (Lipinski definition) is 2. The molecule has 0 aromatic carbocycles. The monoisotopic (exact) mass is 317 g/mol. The van der Waals surface area contributed by atoms with Gasteiger partial charge in [-0.05, 0) is 33.0 Å². The zero-order chi connectivity index (χ0) is 16.2. The van der Waals surface area contributed by atoms with Gasteiger partial charge in [0.15, 0.2) is 0 Å². The zero-order valence-corrected chi connectivity index (χ0v) is 14.3. The Kier molecular flexibility index (Phi) is 6.40. The number of aromatic nitrogens is 1. The smallest absolute Gasteiger partial charge is 0.242 e. The van der Waals surface area contributed by atoms with E-state index >= 15 is 0 Å². The molecule has 6 nitrogen and oxygen atoms in total. The van der Waals surface area contributed by atoms with Crippen LogP contribution in [0, 0.1) is 5.92 Å². The van der Waals surface area contributed by atoms with Gasteiger partial charge in [-0.25, -0.2) is 13.1 Å². The predicted octanol–water partition coefficient (Wildman–Crippen LogP) is 0.865. The Labute approximate surface area is 127 Å². The van der Waals surface area contributed by atoms with Gasteiger partial charge in [0.2, 0.25) is 10.0 Å². The van der Waals surface area contributed by atoms with Crippen molar-refractivity contribution < 1.29 is 13.5 Å². The maximum Gasteiger partial charge on any atom is 0.242 e. The summed E-state index contributed by atoms with van der Waals surface area (Å²) in [5, 5.41) is 9.27. The van der Waals surface area contributed by atoms with Crippen molar-refractivity contribution in [3.05, 3.63) is 18.0 Å². The third-order valence-corrected chi connectivity index (χ3v) is 4.90. The summed E-state index contributed by atoms with van der Waals surface area (Å²) >= 11 is 0. The molecule has 0 saturated carbocycles. The van der Waals surface area contributed by atoms with Crippen molar-refractivity contribution in [3.63, 3.8) is 0 Å². The zero-order valence-electron chi connectivity index (χ0n) is 13.5. The Morgan fingerprint density at radius 3 is 2.38 bits per heavy atom. The Morgan fingerprint density at radius 1 is 1.38 bits per heavy atom. The Balaban J connectivity index is 3.01. The van der Waals surface area contributed by atoms with Gasteiger partial charge in [-0.1, -0.05) is 13.8 Å². The second-order valence-corrected chi connectivity index (χ2v) is 7.56. The van der Waals surface area contributed by atoms with Gasteiger partial charge < -0.3 is 14.6 Å². The third kappa shape index (κ3) is 4.81. The van der Waals surface area contributed by atoms with Gasteiger partial charge in [-0.15, -0.1) is 0 Å². The molecule has 1 unspecified atom stereocenters. The highest BCUT2D eigenvalue weighted by Gasteiger charge is 2.24. The van der Waals surface area contributed by atoms with Crippen LogP contribution < -0.4 is 4.72 Å². The molecule has 0 aliphatic heterocycles. The van der Waals surface area contributed by atoms with E-state index in [1.54, 1.807) is 10.8 Å². The molecule has 0 radical (unpaired) electrons. The van der Waals surface area contributed by atoms with Gasteiger partial charge in [0.05, 0.1) is 11.5 Å². The van der Waals surface area contributed by atoms with Crippen LogP contribution in [0.25, 0.3) is 0 Å². The topological polar surface area (TPSA) is 74.6 Å². The number of nitrogens with one attached hydrogen (secondary N) is 1. The van der Waals surface area contributed by atoms with Gasteiger partial charge in [-0.3, -0.25) is 0 Å². The minimum absolute atomic E-state index is 0.160. The minimum Gasteiger partial charge on any atom is -0.390 e. The molecule has 0 aliphatic carbocycles. The van der Waals surface area contributed by atoms with E-state index in [2.05, 4.69) is 4.72 Å². The fourth-order valence-electron chi connectivity index (χ4n) is 2.14. The van der Waals surface area contributed by atoms with Crippen molar-refractivity contribution in [1.29, 1.82) is 0 Å². The van der Waals surface area contributed by atoms with Crippen molar-refractivity contribution in [2.24, 2.45) is 5.92 Å². The Bertz CT molecular complexity index is 528. The van der Waals surface area contributed by atoms with Crippen LogP contribution in [0.2, 0.25) is 0 Å². The lowest BCUT2D eigenvalue weighted by Gasteiger charge is -2.25. The highest BCUT2D eigenvalue weighted by molar-refractivity contribution is 7.89. The summed E-state index contributed by atoms with van der Waals surface area (Å²) in [6, 6.07) is 1.37. The van der Waals surface area contributed by atoms with Crippen molar-refractivity contribution >= 4 is 10.0 Å². The lowest BCUT2D eigenvalue weighted by molar-refractivity contribution is 0.271. The van der Waals surface area contributed by atoms with Crippen molar-refractivity contribution in [1.82, 2.24) is 14.2 Å². The molecule has 122 valence electrons. The number of hydrogen-bond acceptors (Lipinski definition) is 4. The summed E-state index contributed by atoms with van der Waals surface area (Å²) in [7, 11) is 0.255. The van der Waals surface area contributed by atoms with E-state index in [0.29, 0.717) is 18.8 Å². The van der Waals surface area contributed by atoms with Crippen LogP contribution >= 0.6 is 0 Å². The number of aliphatic hydroxyl groups is 1. The Morgan fingerprint density at radius 2 is 2.00 bits per heavy atom. The molecule has 1 atom stereocenters. The quantitative estimate of drug-likeness (QED) is 0.746. The van der Waals surface area contributed by atoms with Crippen LogP contribution in [0.4, 0.5) is 0 Å². The number of sulfonamides is 1. The summed E-state index contributed by atoms with van der Waals surface area (Å²) in [5.41, 5.74) is 0.603. The lowest BCUT2D eigenvalue weighted by Crippen LogP contribution is -2.44. The fraction of sp³-hybridized carbons (Fsp3) is 0.714. The summed E-state index contributed by atoms with van der Waals surface area (Å²) in [4.78, 5) is 2.17. The SMILES string of the molecule is CCn1cc(S(=O)(=O)NC(CN(C)C)C(C)C)cc1CO. The molecule has 1 rings (SSSR count). The van der Waals surface area contributed by atoms with Crippen molar-refractivity contribution in [2.45, 2.75) is 44.9 Å². The molecule has 0 fully saturated rings. The molecule has 0 aliphatic rings. The van der Waals surface area contributed by atoms with Crippen LogP contribution in [0.5, 0.6) is 0 Å². The van der Waals surface area contributed by atoms with E-state index in [9.17, 15) is 13.5 Å². The summed E-state index contributed by atoms with van der Waals surface area (Å²) < 4.78 is 29.5. The van der Waals surface area contributed by atoms with E-state index in [1.807, 2.05) is 39.8 Å². The van der Waals surface area contributed by atoms with E-state index in [0.717, 1.165) is 0 Å². The van der Waals surface area contributed by atoms with Crippen molar-refractivity contribution in [2.75, 3.05) is 20.6 Å². The molecular formula is C14H27N3O3S. The van der Waals surface area contributed by atoms with Crippen molar-refractivity contribution in [3.8, 4) is 0 Å². The highest BCUT2D eigenvalue weighted by atomic mass is 32.2. The molecule has 0 bridgehead atoms.